The molecule has 0 aromatic heterocycles. The van der Waals surface area contributed by atoms with Gasteiger partial charge in [0, 0.05) is 12.7 Å². The average molecular weight is 456 g/mol. The van der Waals surface area contributed by atoms with E-state index in [1.165, 1.54) is 29.0 Å². The molecular formula is C16H10I2. The summed E-state index contributed by atoms with van der Waals surface area (Å²) in [7, 11) is 0. The first kappa shape index (κ1) is 12.4. The number of halogens is 2. The number of rotatable bonds is 1. The first-order valence-electron chi connectivity index (χ1n) is 5.69. The maximum atomic E-state index is 2.45. The fourth-order valence-corrected chi connectivity index (χ4v) is 3.54. The number of hydrogen-bond donors (Lipinski definition) is 0. The zero-order valence-electron chi connectivity index (χ0n) is 9.53. The van der Waals surface area contributed by atoms with Gasteiger partial charge in [0.05, 0.1) is 0 Å². The Balaban J connectivity index is 2.43. The van der Waals surface area contributed by atoms with E-state index in [0.717, 1.165) is 0 Å². The van der Waals surface area contributed by atoms with Gasteiger partial charge in [-0.2, -0.15) is 0 Å². The molecule has 0 amide bonds. The lowest BCUT2D eigenvalue weighted by Gasteiger charge is -2.11. The molecule has 0 spiro atoms. The van der Waals surface area contributed by atoms with Crippen molar-refractivity contribution in [1.82, 2.24) is 0 Å². The molecule has 3 aromatic carbocycles. The highest BCUT2D eigenvalue weighted by Crippen LogP contribution is 2.35. The lowest BCUT2D eigenvalue weighted by Crippen LogP contribution is -1.89. The molecule has 18 heavy (non-hydrogen) atoms. The summed E-state index contributed by atoms with van der Waals surface area (Å²) < 4.78 is 2.64. The van der Waals surface area contributed by atoms with Gasteiger partial charge in [-0.3, -0.25) is 0 Å². The van der Waals surface area contributed by atoms with E-state index in [1.807, 2.05) is 0 Å². The Kier molecular flexibility index (Phi) is 3.56. The molecule has 0 fully saturated rings. The van der Waals surface area contributed by atoms with E-state index in [-0.39, 0.29) is 0 Å². The van der Waals surface area contributed by atoms with Gasteiger partial charge in [0.1, 0.15) is 0 Å². The minimum atomic E-state index is 1.29. The summed E-state index contributed by atoms with van der Waals surface area (Å²) >= 11 is 4.87. The smallest absolute Gasteiger partial charge is 0.0348 e. The molecule has 3 aromatic rings. The first-order chi connectivity index (χ1) is 8.77. The summed E-state index contributed by atoms with van der Waals surface area (Å²) in [6.07, 6.45) is 0. The second-order valence-electron chi connectivity index (χ2n) is 4.13. The zero-order valence-corrected chi connectivity index (χ0v) is 13.8. The van der Waals surface area contributed by atoms with E-state index in [2.05, 4.69) is 106 Å². The van der Waals surface area contributed by atoms with Crippen molar-refractivity contribution < 1.29 is 0 Å². The van der Waals surface area contributed by atoms with E-state index < -0.39 is 0 Å². The summed E-state index contributed by atoms with van der Waals surface area (Å²) in [5, 5.41) is 2.63. The third-order valence-corrected chi connectivity index (χ3v) is 6.01. The maximum Gasteiger partial charge on any atom is 0.0348 e. The Bertz CT molecular complexity index is 703. The van der Waals surface area contributed by atoms with Gasteiger partial charge in [-0.1, -0.05) is 54.6 Å². The van der Waals surface area contributed by atoms with Crippen LogP contribution >= 0.6 is 45.2 Å². The number of fused-ring (bicyclic) bond motifs is 1. The van der Waals surface area contributed by atoms with Crippen LogP contribution in [0.4, 0.5) is 0 Å². The maximum absolute atomic E-state index is 2.45. The number of benzene rings is 3. The largest absolute Gasteiger partial charge is 0.0622 e. The predicted molar refractivity (Wildman–Crippen MR) is 94.8 cm³/mol. The van der Waals surface area contributed by atoms with Crippen LogP contribution in [-0.4, -0.2) is 0 Å². The summed E-state index contributed by atoms with van der Waals surface area (Å²) in [6, 6.07) is 21.5. The Labute approximate surface area is 134 Å². The van der Waals surface area contributed by atoms with Gasteiger partial charge in [0.15, 0.2) is 0 Å². The third kappa shape index (κ3) is 2.16. The number of hydrogen-bond acceptors (Lipinski definition) is 0. The molecule has 0 saturated heterocycles. The van der Waals surface area contributed by atoms with E-state index >= 15 is 0 Å². The standard InChI is InChI=1S/C16H10I2/c17-14-10-12-8-4-5-9-13(12)15(16(14)18)11-6-2-1-3-7-11/h1-10H. The van der Waals surface area contributed by atoms with Crippen molar-refractivity contribution in [1.29, 1.82) is 0 Å². The van der Waals surface area contributed by atoms with Crippen LogP contribution in [-0.2, 0) is 0 Å². The van der Waals surface area contributed by atoms with E-state index in [1.54, 1.807) is 0 Å². The van der Waals surface area contributed by atoms with Gasteiger partial charge in [-0.05, 0) is 67.6 Å². The second-order valence-corrected chi connectivity index (χ2v) is 6.38. The van der Waals surface area contributed by atoms with Gasteiger partial charge < -0.3 is 0 Å². The average Bonchev–Trinajstić information content (AvgIpc) is 2.41. The van der Waals surface area contributed by atoms with Gasteiger partial charge >= 0.3 is 0 Å². The Hall–Kier alpha value is -0.620. The Morgan fingerprint density at radius 3 is 2.17 bits per heavy atom. The zero-order chi connectivity index (χ0) is 12.5. The molecule has 88 valence electrons. The van der Waals surface area contributed by atoms with Gasteiger partial charge in [-0.25, -0.2) is 0 Å². The van der Waals surface area contributed by atoms with Crippen molar-refractivity contribution in [3.05, 3.63) is 67.8 Å². The van der Waals surface area contributed by atoms with Crippen LogP contribution in [0.1, 0.15) is 0 Å². The van der Waals surface area contributed by atoms with Crippen molar-refractivity contribution in [2.24, 2.45) is 0 Å². The topological polar surface area (TPSA) is 0 Å². The molecule has 0 nitrogen and oxygen atoms in total. The van der Waals surface area contributed by atoms with Crippen LogP contribution in [0.2, 0.25) is 0 Å². The molecule has 0 radical (unpaired) electrons. The first-order valence-corrected chi connectivity index (χ1v) is 7.85. The summed E-state index contributed by atoms with van der Waals surface area (Å²) in [5.74, 6) is 0. The van der Waals surface area contributed by atoms with Crippen LogP contribution in [0.25, 0.3) is 21.9 Å². The molecule has 0 heterocycles. The van der Waals surface area contributed by atoms with Crippen molar-refractivity contribution in [3.63, 3.8) is 0 Å². The quantitative estimate of drug-likeness (QED) is 0.412. The molecule has 0 N–H and O–H groups in total. The highest BCUT2D eigenvalue weighted by atomic mass is 127. The lowest BCUT2D eigenvalue weighted by molar-refractivity contribution is 1.58. The Morgan fingerprint density at radius 2 is 1.39 bits per heavy atom. The minimum absolute atomic E-state index is 1.29. The van der Waals surface area contributed by atoms with E-state index in [0.29, 0.717) is 0 Å². The highest BCUT2D eigenvalue weighted by molar-refractivity contribution is 14.1. The third-order valence-electron chi connectivity index (χ3n) is 3.00. The van der Waals surface area contributed by atoms with Crippen LogP contribution < -0.4 is 0 Å². The SMILES string of the molecule is Ic1cc2ccccc2c(-c2ccccc2)c1I. The molecule has 3 rings (SSSR count). The molecule has 0 aliphatic carbocycles. The molecule has 0 bridgehead atoms. The molecule has 0 atom stereocenters. The van der Waals surface area contributed by atoms with Gasteiger partial charge in [0.25, 0.3) is 0 Å². The lowest BCUT2D eigenvalue weighted by atomic mass is 9.98. The van der Waals surface area contributed by atoms with Crippen molar-refractivity contribution in [2.45, 2.75) is 0 Å². The summed E-state index contributed by atoms with van der Waals surface area (Å²) in [6.45, 7) is 0. The Morgan fingerprint density at radius 1 is 0.722 bits per heavy atom. The fourth-order valence-electron chi connectivity index (χ4n) is 2.18. The summed E-state index contributed by atoms with van der Waals surface area (Å²) in [4.78, 5) is 0. The van der Waals surface area contributed by atoms with Gasteiger partial charge in [-0.15, -0.1) is 0 Å². The van der Waals surface area contributed by atoms with Crippen molar-refractivity contribution in [2.75, 3.05) is 0 Å². The van der Waals surface area contributed by atoms with Crippen LogP contribution in [0.3, 0.4) is 0 Å². The molecule has 0 saturated carbocycles. The van der Waals surface area contributed by atoms with E-state index in [9.17, 15) is 0 Å². The van der Waals surface area contributed by atoms with Crippen molar-refractivity contribution in [3.8, 4) is 11.1 Å². The predicted octanol–water partition coefficient (Wildman–Crippen LogP) is 5.72. The van der Waals surface area contributed by atoms with Crippen molar-refractivity contribution >= 4 is 56.0 Å². The molecule has 0 unspecified atom stereocenters. The molecule has 0 aliphatic rings. The summed E-state index contributed by atoms with van der Waals surface area (Å²) in [5.41, 5.74) is 2.63. The highest BCUT2D eigenvalue weighted by Gasteiger charge is 2.11. The molecular weight excluding hydrogens is 446 g/mol. The van der Waals surface area contributed by atoms with Crippen LogP contribution in [0.5, 0.6) is 0 Å². The van der Waals surface area contributed by atoms with Gasteiger partial charge in [0.2, 0.25) is 0 Å². The normalized spacial score (nSPS) is 10.8. The monoisotopic (exact) mass is 456 g/mol. The second kappa shape index (κ2) is 5.17. The van der Waals surface area contributed by atoms with Crippen LogP contribution in [0.15, 0.2) is 60.7 Å². The van der Waals surface area contributed by atoms with Crippen LogP contribution in [0, 0.1) is 7.14 Å². The minimum Gasteiger partial charge on any atom is -0.0622 e. The fraction of sp³-hybridized carbons (Fsp3) is 0. The molecule has 2 heteroatoms. The molecule has 0 aliphatic heterocycles. The van der Waals surface area contributed by atoms with E-state index in [4.69, 9.17) is 0 Å².